The molecule has 2 nitrogen and oxygen atoms in total. The molecular formula is C14H18F3NO. The van der Waals surface area contributed by atoms with Crippen LogP contribution in [0.2, 0.25) is 0 Å². The van der Waals surface area contributed by atoms with Gasteiger partial charge < -0.3 is 10.1 Å². The maximum atomic E-state index is 12.2. The molecule has 1 unspecified atom stereocenters. The smallest absolute Gasteiger partial charge is 0.406 e. The van der Waals surface area contributed by atoms with Crippen LogP contribution in [0.1, 0.15) is 33.1 Å². The topological polar surface area (TPSA) is 21.3 Å². The van der Waals surface area contributed by atoms with E-state index in [0.29, 0.717) is 5.69 Å². The average Bonchev–Trinajstić information content (AvgIpc) is 2.56. The number of alkyl halides is 3. The van der Waals surface area contributed by atoms with Gasteiger partial charge in [0.1, 0.15) is 5.75 Å². The lowest BCUT2D eigenvalue weighted by Gasteiger charge is -2.28. The highest BCUT2D eigenvalue weighted by Gasteiger charge is 2.34. The van der Waals surface area contributed by atoms with Crippen molar-refractivity contribution in [3.63, 3.8) is 0 Å². The minimum Gasteiger partial charge on any atom is -0.406 e. The Morgan fingerprint density at radius 1 is 1.32 bits per heavy atom. The summed E-state index contributed by atoms with van der Waals surface area (Å²) in [6.45, 7) is 4.35. The zero-order valence-corrected chi connectivity index (χ0v) is 11.1. The molecule has 1 atom stereocenters. The standard InChI is InChI=1S/C14H18F3NO/c1-13(2)8-4-7-12(13)18-10-5-3-6-11(9-10)19-14(15,16)17/h3,5-6,9,12,18H,4,7-8H2,1-2H3. The van der Waals surface area contributed by atoms with Crippen molar-refractivity contribution in [2.45, 2.75) is 45.5 Å². The molecule has 0 amide bonds. The van der Waals surface area contributed by atoms with Gasteiger partial charge in [0.25, 0.3) is 0 Å². The number of nitrogens with one attached hydrogen (secondary N) is 1. The van der Waals surface area contributed by atoms with Gasteiger partial charge in [-0.25, -0.2) is 0 Å². The Kier molecular flexibility index (Phi) is 3.65. The van der Waals surface area contributed by atoms with E-state index < -0.39 is 6.36 Å². The first-order chi connectivity index (χ1) is 8.76. The van der Waals surface area contributed by atoms with Gasteiger partial charge in [0.15, 0.2) is 0 Å². The predicted molar refractivity (Wildman–Crippen MR) is 68.2 cm³/mol. The van der Waals surface area contributed by atoms with Crippen LogP contribution in [0.15, 0.2) is 24.3 Å². The molecule has 1 aromatic carbocycles. The Bertz CT molecular complexity index is 443. The van der Waals surface area contributed by atoms with Gasteiger partial charge in [-0.05, 0) is 30.4 Å². The quantitative estimate of drug-likeness (QED) is 0.870. The van der Waals surface area contributed by atoms with Crippen LogP contribution in [0.4, 0.5) is 18.9 Å². The van der Waals surface area contributed by atoms with Crippen molar-refractivity contribution >= 4 is 5.69 Å². The molecule has 0 saturated heterocycles. The Morgan fingerprint density at radius 3 is 2.63 bits per heavy atom. The minimum atomic E-state index is -4.65. The fourth-order valence-electron chi connectivity index (χ4n) is 2.58. The lowest BCUT2D eigenvalue weighted by atomic mass is 9.87. The number of halogens is 3. The molecule has 1 aromatic rings. The molecule has 19 heavy (non-hydrogen) atoms. The van der Waals surface area contributed by atoms with Crippen molar-refractivity contribution in [1.29, 1.82) is 0 Å². The SMILES string of the molecule is CC1(C)CCCC1Nc1cccc(OC(F)(F)F)c1. The van der Waals surface area contributed by atoms with Gasteiger partial charge in [0.05, 0.1) is 0 Å². The summed E-state index contributed by atoms with van der Waals surface area (Å²) in [5.41, 5.74) is 0.836. The van der Waals surface area contributed by atoms with E-state index in [0.717, 1.165) is 19.3 Å². The molecule has 0 aliphatic heterocycles. The molecule has 0 bridgehead atoms. The Labute approximate surface area is 111 Å². The van der Waals surface area contributed by atoms with E-state index in [-0.39, 0.29) is 17.2 Å². The summed E-state index contributed by atoms with van der Waals surface area (Å²) in [6, 6.07) is 6.30. The fourth-order valence-corrected chi connectivity index (χ4v) is 2.58. The molecule has 5 heteroatoms. The largest absolute Gasteiger partial charge is 0.573 e. The molecule has 0 spiro atoms. The highest BCUT2D eigenvalue weighted by atomic mass is 19.4. The summed E-state index contributed by atoms with van der Waals surface area (Å²) < 4.78 is 40.4. The van der Waals surface area contributed by atoms with E-state index in [2.05, 4.69) is 23.9 Å². The number of anilines is 1. The van der Waals surface area contributed by atoms with Crippen molar-refractivity contribution < 1.29 is 17.9 Å². The zero-order valence-electron chi connectivity index (χ0n) is 11.1. The highest BCUT2D eigenvalue weighted by molar-refractivity contribution is 5.49. The molecule has 106 valence electrons. The first-order valence-corrected chi connectivity index (χ1v) is 6.39. The van der Waals surface area contributed by atoms with Crippen molar-refractivity contribution in [1.82, 2.24) is 0 Å². The summed E-state index contributed by atoms with van der Waals surface area (Å²) in [5.74, 6) is -0.187. The number of hydrogen-bond donors (Lipinski definition) is 1. The molecular weight excluding hydrogens is 255 g/mol. The van der Waals surface area contributed by atoms with Crippen LogP contribution in [0.25, 0.3) is 0 Å². The number of rotatable bonds is 3. The van der Waals surface area contributed by atoms with Crippen LogP contribution >= 0.6 is 0 Å². The van der Waals surface area contributed by atoms with Gasteiger partial charge in [0, 0.05) is 17.8 Å². The third-order valence-electron chi connectivity index (χ3n) is 3.67. The van der Waals surface area contributed by atoms with Gasteiger partial charge >= 0.3 is 6.36 Å². The molecule has 2 rings (SSSR count). The van der Waals surface area contributed by atoms with Crippen LogP contribution < -0.4 is 10.1 Å². The van der Waals surface area contributed by atoms with Gasteiger partial charge in [-0.2, -0.15) is 0 Å². The van der Waals surface area contributed by atoms with Crippen molar-refractivity contribution in [2.75, 3.05) is 5.32 Å². The van der Waals surface area contributed by atoms with Crippen LogP contribution in [-0.2, 0) is 0 Å². The third kappa shape index (κ3) is 3.78. The van der Waals surface area contributed by atoms with Gasteiger partial charge in [-0.15, -0.1) is 13.2 Å². The number of hydrogen-bond acceptors (Lipinski definition) is 2. The minimum absolute atomic E-state index is 0.168. The van der Waals surface area contributed by atoms with Gasteiger partial charge in [0.2, 0.25) is 0 Å². The van der Waals surface area contributed by atoms with Gasteiger partial charge in [-0.3, -0.25) is 0 Å². The molecule has 1 N–H and O–H groups in total. The second-order valence-electron chi connectivity index (χ2n) is 5.65. The second kappa shape index (κ2) is 4.94. The lowest BCUT2D eigenvalue weighted by molar-refractivity contribution is -0.274. The number of ether oxygens (including phenoxy) is 1. The lowest BCUT2D eigenvalue weighted by Crippen LogP contribution is -2.30. The first-order valence-electron chi connectivity index (χ1n) is 6.39. The second-order valence-corrected chi connectivity index (χ2v) is 5.65. The zero-order chi connectivity index (χ0) is 14.1. The Hall–Kier alpha value is -1.39. The van der Waals surface area contributed by atoms with Crippen LogP contribution in [0, 0.1) is 5.41 Å². The predicted octanol–water partition coefficient (Wildman–Crippen LogP) is 4.58. The molecule has 0 heterocycles. The highest BCUT2D eigenvalue weighted by Crippen LogP contribution is 2.39. The van der Waals surface area contributed by atoms with Crippen molar-refractivity contribution in [2.24, 2.45) is 5.41 Å². The van der Waals surface area contributed by atoms with Crippen molar-refractivity contribution in [3.05, 3.63) is 24.3 Å². The summed E-state index contributed by atoms with van der Waals surface area (Å²) in [7, 11) is 0. The van der Waals surface area contributed by atoms with Crippen molar-refractivity contribution in [3.8, 4) is 5.75 Å². The molecule has 1 aliphatic rings. The van der Waals surface area contributed by atoms with E-state index in [1.165, 1.54) is 12.1 Å². The Balaban J connectivity index is 2.07. The van der Waals surface area contributed by atoms with E-state index in [1.807, 2.05) is 0 Å². The van der Waals surface area contributed by atoms with E-state index in [4.69, 9.17) is 0 Å². The van der Waals surface area contributed by atoms with E-state index in [9.17, 15) is 13.2 Å². The fraction of sp³-hybridized carbons (Fsp3) is 0.571. The molecule has 0 aromatic heterocycles. The Morgan fingerprint density at radius 2 is 2.05 bits per heavy atom. The average molecular weight is 273 g/mol. The molecule has 1 saturated carbocycles. The molecule has 1 aliphatic carbocycles. The van der Waals surface area contributed by atoms with Crippen LogP contribution in [-0.4, -0.2) is 12.4 Å². The molecule has 1 fully saturated rings. The maximum Gasteiger partial charge on any atom is 0.573 e. The third-order valence-corrected chi connectivity index (χ3v) is 3.67. The van der Waals surface area contributed by atoms with E-state index >= 15 is 0 Å². The van der Waals surface area contributed by atoms with Crippen LogP contribution in [0.3, 0.4) is 0 Å². The number of benzene rings is 1. The van der Waals surface area contributed by atoms with Gasteiger partial charge in [-0.1, -0.05) is 26.3 Å². The van der Waals surface area contributed by atoms with Crippen LogP contribution in [0.5, 0.6) is 5.75 Å². The normalized spacial score (nSPS) is 22.3. The molecule has 0 radical (unpaired) electrons. The van der Waals surface area contributed by atoms with E-state index in [1.54, 1.807) is 12.1 Å². The first kappa shape index (κ1) is 14.0. The summed E-state index contributed by atoms with van der Waals surface area (Å²) in [6.07, 6.45) is -1.34. The summed E-state index contributed by atoms with van der Waals surface area (Å²) >= 11 is 0. The summed E-state index contributed by atoms with van der Waals surface area (Å²) in [4.78, 5) is 0. The maximum absolute atomic E-state index is 12.2. The summed E-state index contributed by atoms with van der Waals surface area (Å²) in [5, 5.41) is 3.31. The monoisotopic (exact) mass is 273 g/mol.